The minimum absolute atomic E-state index is 0.0113. The smallest absolute Gasteiger partial charge is 0.260 e. The van der Waals surface area contributed by atoms with E-state index in [4.69, 9.17) is 10.5 Å². The molecule has 0 saturated heterocycles. The maximum Gasteiger partial charge on any atom is 0.260 e. The summed E-state index contributed by atoms with van der Waals surface area (Å²) in [6.45, 7) is 7.30. The number of benzene rings is 1. The maximum atomic E-state index is 14.0. The molecule has 0 spiro atoms. The Morgan fingerprint density at radius 2 is 2.05 bits per heavy atom. The van der Waals surface area contributed by atoms with Gasteiger partial charge in [0, 0.05) is 12.1 Å². The van der Waals surface area contributed by atoms with Gasteiger partial charge in [-0.05, 0) is 45.2 Å². The van der Waals surface area contributed by atoms with Crippen LogP contribution in [0.15, 0.2) is 18.2 Å². The lowest BCUT2D eigenvalue weighted by atomic mass is 10.0. The Hall–Kier alpha value is -1.62. The molecule has 1 amide bonds. The summed E-state index contributed by atoms with van der Waals surface area (Å²) in [5.41, 5.74) is 6.61. The van der Waals surface area contributed by atoms with Gasteiger partial charge in [-0.25, -0.2) is 4.39 Å². The SMILES string of the molecule is CCC(N)Cc1cccc(F)c1OC(C)C(=O)NC(C)C. The summed E-state index contributed by atoms with van der Waals surface area (Å²) < 4.78 is 19.5. The third kappa shape index (κ3) is 5.34. The van der Waals surface area contributed by atoms with Gasteiger partial charge in [-0.2, -0.15) is 0 Å². The van der Waals surface area contributed by atoms with Gasteiger partial charge >= 0.3 is 0 Å². The fourth-order valence-corrected chi connectivity index (χ4v) is 1.91. The largest absolute Gasteiger partial charge is 0.478 e. The van der Waals surface area contributed by atoms with E-state index in [0.29, 0.717) is 12.0 Å². The molecule has 1 aromatic rings. The van der Waals surface area contributed by atoms with Gasteiger partial charge in [-0.15, -0.1) is 0 Å². The molecule has 0 bridgehead atoms. The molecule has 3 N–H and O–H groups in total. The van der Waals surface area contributed by atoms with Gasteiger partial charge in [0.2, 0.25) is 0 Å². The normalized spacial score (nSPS) is 13.9. The minimum Gasteiger partial charge on any atom is -0.478 e. The van der Waals surface area contributed by atoms with Crippen molar-refractivity contribution in [3.05, 3.63) is 29.6 Å². The van der Waals surface area contributed by atoms with Gasteiger partial charge in [0.1, 0.15) is 0 Å². The van der Waals surface area contributed by atoms with Crippen LogP contribution in [0.1, 0.15) is 39.7 Å². The van der Waals surface area contributed by atoms with E-state index in [1.807, 2.05) is 20.8 Å². The number of hydrogen-bond donors (Lipinski definition) is 2. The van der Waals surface area contributed by atoms with Crippen LogP contribution in [0.5, 0.6) is 5.75 Å². The highest BCUT2D eigenvalue weighted by molar-refractivity contribution is 5.80. The van der Waals surface area contributed by atoms with Crippen LogP contribution in [0.3, 0.4) is 0 Å². The van der Waals surface area contributed by atoms with Crippen LogP contribution in [-0.2, 0) is 11.2 Å². The summed E-state index contributed by atoms with van der Waals surface area (Å²) in [4.78, 5) is 11.9. The molecule has 0 fully saturated rings. The van der Waals surface area contributed by atoms with Gasteiger partial charge in [0.15, 0.2) is 17.7 Å². The first kappa shape index (κ1) is 17.4. The number of rotatable bonds is 7. The van der Waals surface area contributed by atoms with Gasteiger partial charge in [-0.1, -0.05) is 19.1 Å². The van der Waals surface area contributed by atoms with E-state index >= 15 is 0 Å². The van der Waals surface area contributed by atoms with Crippen LogP contribution in [0.25, 0.3) is 0 Å². The van der Waals surface area contributed by atoms with E-state index in [2.05, 4.69) is 5.32 Å². The summed E-state index contributed by atoms with van der Waals surface area (Å²) in [5, 5.41) is 2.74. The van der Waals surface area contributed by atoms with Gasteiger partial charge in [0.05, 0.1) is 0 Å². The van der Waals surface area contributed by atoms with Crippen molar-refractivity contribution in [2.24, 2.45) is 5.73 Å². The topological polar surface area (TPSA) is 64.3 Å². The summed E-state index contributed by atoms with van der Waals surface area (Å²) in [7, 11) is 0. The van der Waals surface area contributed by atoms with E-state index in [-0.39, 0.29) is 23.7 Å². The molecule has 1 rings (SSSR count). The molecule has 0 aliphatic carbocycles. The highest BCUT2D eigenvalue weighted by Gasteiger charge is 2.20. The number of para-hydroxylation sites is 1. The van der Waals surface area contributed by atoms with Crippen LogP contribution in [0, 0.1) is 5.82 Å². The summed E-state index contributed by atoms with van der Waals surface area (Å²) >= 11 is 0. The number of amides is 1. The fraction of sp³-hybridized carbons (Fsp3) is 0.562. The average molecular weight is 296 g/mol. The average Bonchev–Trinajstić information content (AvgIpc) is 2.41. The summed E-state index contributed by atoms with van der Waals surface area (Å²) in [6, 6.07) is 4.68. The highest BCUT2D eigenvalue weighted by atomic mass is 19.1. The molecule has 2 atom stereocenters. The molecule has 4 nitrogen and oxygen atoms in total. The van der Waals surface area contributed by atoms with Crippen LogP contribution in [0.2, 0.25) is 0 Å². The van der Waals surface area contributed by atoms with Crippen molar-refractivity contribution in [2.75, 3.05) is 0 Å². The number of carbonyl (C=O) groups excluding carboxylic acids is 1. The fourth-order valence-electron chi connectivity index (χ4n) is 1.91. The van der Waals surface area contributed by atoms with Gasteiger partial charge in [-0.3, -0.25) is 4.79 Å². The Bertz CT molecular complexity index is 477. The lowest BCUT2D eigenvalue weighted by Gasteiger charge is -2.20. The van der Waals surface area contributed by atoms with Crippen LogP contribution in [0.4, 0.5) is 4.39 Å². The first-order valence-corrected chi connectivity index (χ1v) is 7.35. The van der Waals surface area contributed by atoms with E-state index in [0.717, 1.165) is 6.42 Å². The first-order chi connectivity index (χ1) is 9.85. The lowest BCUT2D eigenvalue weighted by Crippen LogP contribution is -2.40. The molecule has 0 radical (unpaired) electrons. The zero-order chi connectivity index (χ0) is 16.0. The Kier molecular flexibility index (Phi) is 6.62. The van der Waals surface area contributed by atoms with Crippen LogP contribution < -0.4 is 15.8 Å². The van der Waals surface area contributed by atoms with E-state index in [1.165, 1.54) is 6.07 Å². The molecular formula is C16H25FN2O2. The standard InChI is InChI=1S/C16H25FN2O2/c1-5-13(18)9-12-7-6-8-14(17)15(12)21-11(4)16(20)19-10(2)3/h6-8,10-11,13H,5,9,18H2,1-4H3,(H,19,20). The molecular weight excluding hydrogens is 271 g/mol. The van der Waals surface area contributed by atoms with Crippen molar-refractivity contribution in [2.45, 2.75) is 58.7 Å². The lowest BCUT2D eigenvalue weighted by molar-refractivity contribution is -0.127. The number of nitrogens with one attached hydrogen (secondary N) is 1. The molecule has 0 aromatic heterocycles. The molecule has 0 heterocycles. The number of carbonyl (C=O) groups is 1. The minimum atomic E-state index is -0.763. The van der Waals surface area contributed by atoms with Crippen molar-refractivity contribution in [3.8, 4) is 5.75 Å². The molecule has 118 valence electrons. The van der Waals surface area contributed by atoms with Crippen molar-refractivity contribution >= 4 is 5.91 Å². The second-order valence-corrected chi connectivity index (χ2v) is 5.52. The highest BCUT2D eigenvalue weighted by Crippen LogP contribution is 2.25. The molecule has 21 heavy (non-hydrogen) atoms. The zero-order valence-electron chi connectivity index (χ0n) is 13.2. The van der Waals surface area contributed by atoms with Crippen molar-refractivity contribution < 1.29 is 13.9 Å². The van der Waals surface area contributed by atoms with E-state index < -0.39 is 11.9 Å². The predicted octanol–water partition coefficient (Wildman–Crippen LogP) is 2.40. The number of nitrogens with two attached hydrogens (primary N) is 1. The molecule has 0 aliphatic heterocycles. The molecule has 0 saturated carbocycles. The quantitative estimate of drug-likeness (QED) is 0.812. The maximum absolute atomic E-state index is 14.0. The van der Waals surface area contributed by atoms with Crippen molar-refractivity contribution in [3.63, 3.8) is 0 Å². The Morgan fingerprint density at radius 1 is 1.38 bits per heavy atom. The van der Waals surface area contributed by atoms with Gasteiger partial charge < -0.3 is 15.8 Å². The van der Waals surface area contributed by atoms with E-state index in [9.17, 15) is 9.18 Å². The van der Waals surface area contributed by atoms with E-state index in [1.54, 1.807) is 19.1 Å². The first-order valence-electron chi connectivity index (χ1n) is 7.35. The van der Waals surface area contributed by atoms with Crippen molar-refractivity contribution in [1.82, 2.24) is 5.32 Å². The summed E-state index contributed by atoms with van der Waals surface area (Å²) in [5.74, 6) is -0.619. The number of hydrogen-bond acceptors (Lipinski definition) is 3. The molecule has 2 unspecified atom stereocenters. The molecule has 1 aromatic carbocycles. The second-order valence-electron chi connectivity index (χ2n) is 5.52. The Labute approximate surface area is 125 Å². The van der Waals surface area contributed by atoms with Crippen LogP contribution >= 0.6 is 0 Å². The molecule has 0 aliphatic rings. The number of ether oxygens (including phenoxy) is 1. The third-order valence-electron chi connectivity index (χ3n) is 3.15. The predicted molar refractivity (Wildman–Crippen MR) is 81.7 cm³/mol. The van der Waals surface area contributed by atoms with Gasteiger partial charge in [0.25, 0.3) is 5.91 Å². The number of halogens is 1. The zero-order valence-corrected chi connectivity index (χ0v) is 13.2. The third-order valence-corrected chi connectivity index (χ3v) is 3.15. The molecule has 5 heteroatoms. The Balaban J connectivity index is 2.88. The summed E-state index contributed by atoms with van der Waals surface area (Å²) in [6.07, 6.45) is 0.544. The Morgan fingerprint density at radius 3 is 2.62 bits per heavy atom. The van der Waals surface area contributed by atoms with Crippen LogP contribution in [-0.4, -0.2) is 24.1 Å². The monoisotopic (exact) mass is 296 g/mol. The second kappa shape index (κ2) is 7.98. The van der Waals surface area contributed by atoms with Crippen molar-refractivity contribution in [1.29, 1.82) is 0 Å².